The molecule has 3 amide bonds. The zero-order chi connectivity index (χ0) is 17.8. The van der Waals surface area contributed by atoms with Crippen LogP contribution < -0.4 is 20.7 Å². The molecule has 1 saturated heterocycles. The number of benzene rings is 2. The molecule has 6 nitrogen and oxygen atoms in total. The number of nitrogens with one attached hydrogen (secondary N) is 3. The topological polar surface area (TPSA) is 79.5 Å². The van der Waals surface area contributed by atoms with Gasteiger partial charge in [-0.05, 0) is 18.2 Å². The summed E-state index contributed by atoms with van der Waals surface area (Å²) in [6, 6.07) is 15.4. The van der Waals surface area contributed by atoms with Crippen LogP contribution in [0.2, 0.25) is 0 Å². The van der Waals surface area contributed by atoms with E-state index in [1.807, 2.05) is 36.4 Å². The summed E-state index contributed by atoms with van der Waals surface area (Å²) in [5, 5.41) is 8.25. The molecule has 1 aliphatic rings. The summed E-state index contributed by atoms with van der Waals surface area (Å²) in [5.74, 6) is -0.353. The van der Waals surface area contributed by atoms with Crippen molar-refractivity contribution in [3.8, 4) is 5.75 Å². The Labute approximate surface area is 145 Å². The second-order valence-corrected chi connectivity index (χ2v) is 5.68. The fourth-order valence-electron chi connectivity index (χ4n) is 2.92. The van der Waals surface area contributed by atoms with Crippen molar-refractivity contribution in [3.63, 3.8) is 0 Å². The Morgan fingerprint density at radius 1 is 1.12 bits per heavy atom. The Kier molecular flexibility index (Phi) is 4.70. The summed E-state index contributed by atoms with van der Waals surface area (Å²) >= 11 is 0. The molecule has 25 heavy (non-hydrogen) atoms. The van der Waals surface area contributed by atoms with E-state index in [1.165, 1.54) is 0 Å². The number of amides is 3. The highest BCUT2D eigenvalue weighted by Gasteiger charge is 2.39. The fourth-order valence-corrected chi connectivity index (χ4v) is 2.92. The first kappa shape index (κ1) is 16.6. The predicted molar refractivity (Wildman–Crippen MR) is 95.1 cm³/mol. The van der Waals surface area contributed by atoms with Gasteiger partial charge in [0.1, 0.15) is 11.7 Å². The smallest absolute Gasteiger partial charge is 0.319 e. The average molecular weight is 337 g/mol. The number of anilines is 1. The summed E-state index contributed by atoms with van der Waals surface area (Å²) in [4.78, 5) is 24.8. The zero-order valence-corrected chi connectivity index (χ0v) is 13.8. The number of carbonyl (C=O) groups excluding carboxylic acids is 2. The first-order chi connectivity index (χ1) is 12.1. The van der Waals surface area contributed by atoms with Crippen molar-refractivity contribution in [2.24, 2.45) is 5.92 Å². The van der Waals surface area contributed by atoms with Gasteiger partial charge in [-0.1, -0.05) is 43.0 Å². The number of hydrogen-bond donors (Lipinski definition) is 3. The van der Waals surface area contributed by atoms with Crippen molar-refractivity contribution < 1.29 is 14.3 Å². The third-order valence-electron chi connectivity index (χ3n) is 4.07. The van der Waals surface area contributed by atoms with Crippen LogP contribution in [0.3, 0.4) is 0 Å². The average Bonchev–Trinajstić information content (AvgIpc) is 2.61. The zero-order valence-electron chi connectivity index (χ0n) is 13.8. The minimum atomic E-state index is -0.686. The maximum absolute atomic E-state index is 12.9. The standard InChI is InChI=1S/C19H19N3O3/c1-12-16(18(23)21-13-8-4-3-5-9-13)17(22-19(24)20-12)14-10-6-7-11-15(14)25-2/h3-11,16-17H,1H2,2H3,(H,21,23)(H2,20,22,24)/t16-,17-/m1/s1. The molecule has 3 rings (SSSR count). The molecule has 0 bridgehead atoms. The fraction of sp³-hybridized carbons (Fsp3) is 0.158. The van der Waals surface area contributed by atoms with Gasteiger partial charge in [-0.2, -0.15) is 0 Å². The number of urea groups is 1. The molecule has 2 atom stereocenters. The molecule has 0 unspecified atom stereocenters. The second kappa shape index (κ2) is 7.09. The summed E-state index contributed by atoms with van der Waals surface area (Å²) in [6.45, 7) is 3.87. The van der Waals surface area contributed by atoms with Gasteiger partial charge in [-0.25, -0.2) is 4.79 Å². The number of carbonyl (C=O) groups is 2. The normalized spacial score (nSPS) is 19.6. The van der Waals surface area contributed by atoms with E-state index in [-0.39, 0.29) is 5.91 Å². The highest BCUT2D eigenvalue weighted by molar-refractivity contribution is 5.97. The molecule has 0 saturated carbocycles. The van der Waals surface area contributed by atoms with Gasteiger partial charge >= 0.3 is 6.03 Å². The van der Waals surface area contributed by atoms with Crippen LogP contribution in [-0.4, -0.2) is 19.0 Å². The molecule has 0 aromatic heterocycles. The van der Waals surface area contributed by atoms with E-state index in [9.17, 15) is 9.59 Å². The lowest BCUT2D eigenvalue weighted by Gasteiger charge is -2.34. The number of ether oxygens (including phenoxy) is 1. The highest BCUT2D eigenvalue weighted by Crippen LogP contribution is 2.35. The minimum absolute atomic E-state index is 0.264. The molecule has 1 fully saturated rings. The Morgan fingerprint density at radius 2 is 1.80 bits per heavy atom. The van der Waals surface area contributed by atoms with Gasteiger partial charge in [0, 0.05) is 16.9 Å². The molecule has 1 aliphatic heterocycles. The second-order valence-electron chi connectivity index (χ2n) is 5.68. The van der Waals surface area contributed by atoms with Crippen molar-refractivity contribution in [1.82, 2.24) is 10.6 Å². The van der Waals surface area contributed by atoms with E-state index in [2.05, 4.69) is 22.5 Å². The Balaban J connectivity index is 1.94. The monoisotopic (exact) mass is 337 g/mol. The van der Waals surface area contributed by atoms with Gasteiger partial charge < -0.3 is 20.7 Å². The Bertz CT molecular complexity index is 805. The Morgan fingerprint density at radius 3 is 2.52 bits per heavy atom. The van der Waals surface area contributed by atoms with Crippen LogP contribution >= 0.6 is 0 Å². The summed E-state index contributed by atoms with van der Waals surface area (Å²) in [7, 11) is 1.55. The molecule has 128 valence electrons. The van der Waals surface area contributed by atoms with E-state index in [4.69, 9.17) is 4.74 Å². The van der Waals surface area contributed by atoms with Gasteiger partial charge in [0.05, 0.1) is 13.2 Å². The molecule has 0 spiro atoms. The quantitative estimate of drug-likeness (QED) is 0.803. The summed E-state index contributed by atoms with van der Waals surface area (Å²) < 4.78 is 5.38. The van der Waals surface area contributed by atoms with Crippen LogP contribution in [0.25, 0.3) is 0 Å². The van der Waals surface area contributed by atoms with Crippen molar-refractivity contribution in [3.05, 3.63) is 72.4 Å². The number of hydrogen-bond acceptors (Lipinski definition) is 3. The van der Waals surface area contributed by atoms with Gasteiger partial charge in [0.2, 0.25) is 5.91 Å². The van der Waals surface area contributed by atoms with Gasteiger partial charge in [-0.3, -0.25) is 4.79 Å². The minimum Gasteiger partial charge on any atom is -0.496 e. The predicted octanol–water partition coefficient (Wildman–Crippen LogP) is 2.82. The first-order valence-electron chi connectivity index (χ1n) is 7.85. The van der Waals surface area contributed by atoms with Crippen molar-refractivity contribution in [1.29, 1.82) is 0 Å². The molecule has 6 heteroatoms. The van der Waals surface area contributed by atoms with Crippen LogP contribution in [0.1, 0.15) is 11.6 Å². The largest absolute Gasteiger partial charge is 0.496 e. The van der Waals surface area contributed by atoms with E-state index in [0.29, 0.717) is 22.7 Å². The third kappa shape index (κ3) is 3.47. The van der Waals surface area contributed by atoms with Gasteiger partial charge in [-0.15, -0.1) is 0 Å². The summed E-state index contributed by atoms with van der Waals surface area (Å²) in [5.41, 5.74) is 1.73. The first-order valence-corrected chi connectivity index (χ1v) is 7.85. The number of rotatable bonds is 4. The van der Waals surface area contributed by atoms with Crippen molar-refractivity contribution in [2.75, 3.05) is 12.4 Å². The maximum atomic E-state index is 12.9. The molecule has 2 aromatic carbocycles. The molecular weight excluding hydrogens is 318 g/mol. The van der Waals surface area contributed by atoms with Crippen molar-refractivity contribution in [2.45, 2.75) is 6.04 Å². The molecule has 1 heterocycles. The van der Waals surface area contributed by atoms with E-state index in [0.717, 1.165) is 0 Å². The highest BCUT2D eigenvalue weighted by atomic mass is 16.5. The van der Waals surface area contributed by atoms with Crippen molar-refractivity contribution >= 4 is 17.6 Å². The SMILES string of the molecule is C=C1NC(=O)N[C@H](c2ccccc2OC)[C@@H]1C(=O)Nc1ccccc1. The van der Waals surface area contributed by atoms with Gasteiger partial charge in [0.25, 0.3) is 0 Å². The van der Waals surface area contributed by atoms with Crippen LogP contribution in [0.4, 0.5) is 10.5 Å². The Hall–Kier alpha value is -3.28. The van der Waals surface area contributed by atoms with Crippen LogP contribution in [0.5, 0.6) is 5.75 Å². The van der Waals surface area contributed by atoms with Crippen LogP contribution in [0, 0.1) is 5.92 Å². The molecule has 0 radical (unpaired) electrons. The number of methoxy groups -OCH3 is 1. The van der Waals surface area contributed by atoms with Crippen LogP contribution in [0.15, 0.2) is 66.9 Å². The lowest BCUT2D eigenvalue weighted by Crippen LogP contribution is -2.51. The molecule has 0 aliphatic carbocycles. The maximum Gasteiger partial charge on any atom is 0.319 e. The van der Waals surface area contributed by atoms with E-state index >= 15 is 0 Å². The van der Waals surface area contributed by atoms with E-state index < -0.39 is 18.0 Å². The molecule has 3 N–H and O–H groups in total. The lowest BCUT2D eigenvalue weighted by atomic mass is 9.87. The number of para-hydroxylation sites is 2. The van der Waals surface area contributed by atoms with Gasteiger partial charge in [0.15, 0.2) is 0 Å². The molecule has 2 aromatic rings. The molecular formula is C19H19N3O3. The third-order valence-corrected chi connectivity index (χ3v) is 4.07. The van der Waals surface area contributed by atoms with E-state index in [1.54, 1.807) is 25.3 Å². The van der Waals surface area contributed by atoms with Crippen LogP contribution in [-0.2, 0) is 4.79 Å². The lowest BCUT2D eigenvalue weighted by molar-refractivity contribution is -0.119. The summed E-state index contributed by atoms with van der Waals surface area (Å²) in [6.07, 6.45) is 0.